The van der Waals surface area contributed by atoms with E-state index in [0.29, 0.717) is 6.61 Å². The van der Waals surface area contributed by atoms with Gasteiger partial charge in [-0.15, -0.1) is 0 Å². The molecule has 3 rings (SSSR count). The lowest BCUT2D eigenvalue weighted by Gasteiger charge is -2.42. The van der Waals surface area contributed by atoms with Crippen LogP contribution in [-0.4, -0.2) is 51.2 Å². The summed E-state index contributed by atoms with van der Waals surface area (Å²) in [7, 11) is 0. The topological polar surface area (TPSA) is 67.1 Å². The van der Waals surface area contributed by atoms with Crippen LogP contribution in [0.3, 0.4) is 0 Å². The summed E-state index contributed by atoms with van der Waals surface area (Å²) in [6, 6.07) is 3.79. The summed E-state index contributed by atoms with van der Waals surface area (Å²) in [5.41, 5.74) is 2.23. The van der Waals surface area contributed by atoms with Crippen molar-refractivity contribution >= 4 is 11.6 Å². The Balaban J connectivity index is 2.01. The van der Waals surface area contributed by atoms with Crippen molar-refractivity contribution in [2.45, 2.75) is 52.7 Å². The first-order valence-electron chi connectivity index (χ1n) is 9.35. The van der Waals surface area contributed by atoms with Crippen LogP contribution in [0.15, 0.2) is 24.5 Å². The number of hydrogen-bond donors (Lipinski definition) is 1. The summed E-state index contributed by atoms with van der Waals surface area (Å²) < 4.78 is 7.60. The van der Waals surface area contributed by atoms with Gasteiger partial charge in [-0.3, -0.25) is 9.30 Å². The molecule has 0 saturated carbocycles. The number of aromatic nitrogens is 2. The molecule has 0 radical (unpaired) electrons. The Bertz CT molecular complexity index is 778. The molecule has 0 bridgehead atoms. The van der Waals surface area contributed by atoms with E-state index in [0.717, 1.165) is 37.1 Å². The predicted molar refractivity (Wildman–Crippen MR) is 101 cm³/mol. The van der Waals surface area contributed by atoms with Gasteiger partial charge in [0, 0.05) is 43.7 Å². The van der Waals surface area contributed by atoms with Gasteiger partial charge in [0.05, 0.1) is 6.10 Å². The van der Waals surface area contributed by atoms with Gasteiger partial charge in [-0.1, -0.05) is 26.8 Å². The maximum Gasteiger partial charge on any atom is 0.352 e. The van der Waals surface area contributed by atoms with Gasteiger partial charge in [0.2, 0.25) is 0 Å². The number of carbonyl (C=O) groups is 1. The van der Waals surface area contributed by atoms with Gasteiger partial charge in [0.25, 0.3) is 0 Å². The van der Waals surface area contributed by atoms with Gasteiger partial charge in [-0.25, -0.2) is 9.78 Å². The molecule has 1 fully saturated rings. The molecular weight excluding hydrogens is 330 g/mol. The molecule has 1 aliphatic heterocycles. The smallest absolute Gasteiger partial charge is 0.352 e. The lowest BCUT2D eigenvalue weighted by molar-refractivity contribution is -0.0196. The first-order valence-corrected chi connectivity index (χ1v) is 9.35. The van der Waals surface area contributed by atoms with E-state index in [2.05, 4.69) is 30.7 Å². The average Bonchev–Trinajstić information content (AvgIpc) is 3.03. The summed E-state index contributed by atoms with van der Waals surface area (Å²) in [4.78, 5) is 18.5. The maximum atomic E-state index is 11.5. The van der Waals surface area contributed by atoms with Crippen LogP contribution in [0.2, 0.25) is 0 Å². The Morgan fingerprint density at radius 2 is 2.15 bits per heavy atom. The van der Waals surface area contributed by atoms with Crippen LogP contribution in [0.4, 0.5) is 0 Å². The first-order chi connectivity index (χ1) is 12.3. The molecule has 1 aliphatic rings. The van der Waals surface area contributed by atoms with Crippen molar-refractivity contribution in [1.82, 2.24) is 14.3 Å². The molecule has 142 valence electrons. The third-order valence-corrected chi connectivity index (χ3v) is 4.90. The summed E-state index contributed by atoms with van der Waals surface area (Å²) >= 11 is 0. The Kier molecular flexibility index (Phi) is 5.34. The number of aromatic carboxylic acids is 1. The molecule has 2 aromatic heterocycles. The maximum absolute atomic E-state index is 11.5. The third-order valence-electron chi connectivity index (χ3n) is 4.90. The van der Waals surface area contributed by atoms with Crippen molar-refractivity contribution in [2.75, 3.05) is 19.7 Å². The van der Waals surface area contributed by atoms with Crippen molar-refractivity contribution in [3.63, 3.8) is 0 Å². The van der Waals surface area contributed by atoms with Crippen LogP contribution < -0.4 is 0 Å². The van der Waals surface area contributed by atoms with E-state index in [9.17, 15) is 9.90 Å². The SMILES string of the molecule is CCO[C@H]1CCN(CC(C)(C)C)[C@H](c2ccc(C(=O)O)n3ccnc23)C1. The number of likely N-dealkylation sites (tertiary alicyclic amines) is 1. The number of pyridine rings is 1. The molecule has 2 aromatic rings. The van der Waals surface area contributed by atoms with Gasteiger partial charge in [-0.05, 0) is 31.2 Å². The number of imidazole rings is 1. The van der Waals surface area contributed by atoms with E-state index in [-0.39, 0.29) is 23.3 Å². The van der Waals surface area contributed by atoms with Crippen LogP contribution >= 0.6 is 0 Å². The summed E-state index contributed by atoms with van der Waals surface area (Å²) in [6.45, 7) is 11.4. The number of fused-ring (bicyclic) bond motifs is 1. The Morgan fingerprint density at radius 3 is 2.81 bits per heavy atom. The highest BCUT2D eigenvalue weighted by Crippen LogP contribution is 2.36. The quantitative estimate of drug-likeness (QED) is 0.883. The van der Waals surface area contributed by atoms with Crippen molar-refractivity contribution in [2.24, 2.45) is 5.41 Å². The Hall–Kier alpha value is -1.92. The lowest BCUT2D eigenvalue weighted by Crippen LogP contribution is -2.43. The van der Waals surface area contributed by atoms with Crippen LogP contribution in [0.25, 0.3) is 5.65 Å². The van der Waals surface area contributed by atoms with Gasteiger partial charge in [0.15, 0.2) is 0 Å². The summed E-state index contributed by atoms with van der Waals surface area (Å²) in [5.74, 6) is -0.943. The molecule has 3 heterocycles. The second-order valence-electron chi connectivity index (χ2n) is 8.25. The average molecular weight is 359 g/mol. The number of carboxylic acid groups (broad SMARTS) is 1. The standard InChI is InChI=1S/C20H29N3O3/c1-5-26-14-8-10-22(13-20(2,3)4)17(12-14)15-6-7-16(19(24)25)23-11-9-21-18(15)23/h6-7,9,11,14,17H,5,8,10,12-13H2,1-4H3,(H,24,25)/t14-,17-/m0/s1. The highest BCUT2D eigenvalue weighted by molar-refractivity contribution is 5.86. The second-order valence-corrected chi connectivity index (χ2v) is 8.25. The zero-order valence-electron chi connectivity index (χ0n) is 16.1. The molecule has 6 heteroatoms. The minimum absolute atomic E-state index is 0.173. The monoisotopic (exact) mass is 359 g/mol. The van der Waals surface area contributed by atoms with Crippen molar-refractivity contribution in [1.29, 1.82) is 0 Å². The van der Waals surface area contributed by atoms with Crippen LogP contribution in [0.5, 0.6) is 0 Å². The first kappa shape index (κ1) is 18.9. The fourth-order valence-electron chi connectivity index (χ4n) is 3.96. The largest absolute Gasteiger partial charge is 0.477 e. The van der Waals surface area contributed by atoms with E-state index in [1.807, 2.05) is 13.0 Å². The van der Waals surface area contributed by atoms with Crippen LogP contribution in [0.1, 0.15) is 62.6 Å². The molecule has 1 saturated heterocycles. The highest BCUT2D eigenvalue weighted by Gasteiger charge is 2.33. The molecule has 0 amide bonds. The highest BCUT2D eigenvalue weighted by atomic mass is 16.5. The second kappa shape index (κ2) is 7.37. The minimum Gasteiger partial charge on any atom is -0.477 e. The van der Waals surface area contributed by atoms with Gasteiger partial charge < -0.3 is 9.84 Å². The minimum atomic E-state index is -0.943. The number of rotatable bonds is 5. The van der Waals surface area contributed by atoms with Gasteiger partial charge in [-0.2, -0.15) is 0 Å². The van der Waals surface area contributed by atoms with Crippen LogP contribution in [-0.2, 0) is 4.74 Å². The number of carboxylic acids is 1. The Labute approximate surface area is 154 Å². The summed E-state index contributed by atoms with van der Waals surface area (Å²) in [6.07, 6.45) is 5.55. The zero-order valence-corrected chi connectivity index (χ0v) is 16.1. The molecule has 0 unspecified atom stereocenters. The molecule has 6 nitrogen and oxygen atoms in total. The number of hydrogen-bond acceptors (Lipinski definition) is 4. The number of piperidine rings is 1. The Morgan fingerprint density at radius 1 is 1.38 bits per heavy atom. The van der Waals surface area contributed by atoms with E-state index >= 15 is 0 Å². The predicted octanol–water partition coefficient (Wildman–Crippen LogP) is 3.62. The summed E-state index contributed by atoms with van der Waals surface area (Å²) in [5, 5.41) is 9.44. The molecule has 0 aromatic carbocycles. The van der Waals surface area contributed by atoms with E-state index in [1.54, 1.807) is 22.9 Å². The van der Waals surface area contributed by atoms with E-state index < -0.39 is 5.97 Å². The zero-order chi connectivity index (χ0) is 18.9. The molecular formula is C20H29N3O3. The van der Waals surface area contributed by atoms with Crippen molar-refractivity contribution in [3.8, 4) is 0 Å². The lowest BCUT2D eigenvalue weighted by atomic mass is 9.89. The number of ether oxygens (including phenoxy) is 1. The third kappa shape index (κ3) is 3.91. The van der Waals surface area contributed by atoms with Gasteiger partial charge in [0.1, 0.15) is 11.3 Å². The molecule has 2 atom stereocenters. The van der Waals surface area contributed by atoms with Crippen LogP contribution in [0, 0.1) is 5.41 Å². The van der Waals surface area contributed by atoms with E-state index in [4.69, 9.17) is 4.74 Å². The number of nitrogens with zero attached hydrogens (tertiary/aromatic N) is 3. The van der Waals surface area contributed by atoms with Gasteiger partial charge >= 0.3 is 5.97 Å². The molecule has 1 N–H and O–H groups in total. The fraction of sp³-hybridized carbons (Fsp3) is 0.600. The van der Waals surface area contributed by atoms with E-state index in [1.165, 1.54) is 0 Å². The molecule has 26 heavy (non-hydrogen) atoms. The molecule has 0 aliphatic carbocycles. The molecule has 0 spiro atoms. The van der Waals surface area contributed by atoms with Crippen molar-refractivity contribution in [3.05, 3.63) is 35.8 Å². The normalized spacial score (nSPS) is 22.0. The van der Waals surface area contributed by atoms with Crippen molar-refractivity contribution < 1.29 is 14.6 Å². The fourth-order valence-corrected chi connectivity index (χ4v) is 3.96.